The first-order valence-corrected chi connectivity index (χ1v) is 15.7. The summed E-state index contributed by atoms with van der Waals surface area (Å²) in [7, 11) is 4.84. The molecule has 0 unspecified atom stereocenters. The molecule has 4 aromatic rings. The van der Waals surface area contributed by atoms with Gasteiger partial charge in [0.2, 0.25) is 5.75 Å². The largest absolute Gasteiger partial charge is 0.494 e. The van der Waals surface area contributed by atoms with Crippen LogP contribution in [0.2, 0.25) is 0 Å². The van der Waals surface area contributed by atoms with Crippen LogP contribution in [0, 0.1) is 0 Å². The van der Waals surface area contributed by atoms with Crippen LogP contribution in [0.1, 0.15) is 43.5 Å². The van der Waals surface area contributed by atoms with E-state index >= 15 is 0 Å². The lowest BCUT2D eigenvalue weighted by atomic mass is 10.0. The molecule has 0 aliphatic heterocycles. The molecule has 220 valence electrons. The van der Waals surface area contributed by atoms with Crippen molar-refractivity contribution in [1.29, 1.82) is 0 Å². The van der Waals surface area contributed by atoms with E-state index in [0.717, 1.165) is 69.1 Å². The Hall–Kier alpha value is -2.68. The summed E-state index contributed by atoms with van der Waals surface area (Å²) >= 11 is 7.10. The van der Waals surface area contributed by atoms with E-state index in [2.05, 4.69) is 86.7 Å². The van der Waals surface area contributed by atoms with Crippen molar-refractivity contribution < 1.29 is 23.8 Å². The van der Waals surface area contributed by atoms with Gasteiger partial charge in [-0.15, -0.1) is 0 Å². The quantitative estimate of drug-likeness (QED) is 0.107. The van der Waals surface area contributed by atoms with Crippen LogP contribution >= 0.6 is 31.9 Å². The molecule has 0 aliphatic carbocycles. The van der Waals surface area contributed by atoms with E-state index in [-0.39, 0.29) is 5.88 Å². The number of aromatic hydroxyl groups is 1. The summed E-state index contributed by atoms with van der Waals surface area (Å²) in [5.74, 6) is 1.86. The molecule has 41 heavy (non-hydrogen) atoms. The molecule has 4 rings (SSSR count). The fourth-order valence-electron chi connectivity index (χ4n) is 5.78. The van der Waals surface area contributed by atoms with Crippen molar-refractivity contribution in [3.05, 3.63) is 80.4 Å². The molecule has 6 nitrogen and oxygen atoms in total. The number of fused-ring (bicyclic) bond motifs is 1. The molecule has 0 fully saturated rings. The predicted octanol–water partition coefficient (Wildman–Crippen LogP) is 8.33. The van der Waals surface area contributed by atoms with Crippen LogP contribution in [0.4, 0.5) is 0 Å². The van der Waals surface area contributed by atoms with Crippen molar-refractivity contribution in [2.45, 2.75) is 46.2 Å². The summed E-state index contributed by atoms with van der Waals surface area (Å²) in [6.07, 6.45) is 2.64. The molecule has 0 saturated carbocycles. The minimum absolute atomic E-state index is 0.230. The Labute approximate surface area is 260 Å². The van der Waals surface area contributed by atoms with Crippen molar-refractivity contribution >= 4 is 42.6 Å². The second-order valence-corrected chi connectivity index (χ2v) is 12.3. The Bertz CT molecular complexity index is 1450. The van der Waals surface area contributed by atoms with Crippen LogP contribution < -0.4 is 14.2 Å². The summed E-state index contributed by atoms with van der Waals surface area (Å²) in [5.41, 5.74) is 3.50. The fourth-order valence-corrected chi connectivity index (χ4v) is 6.31. The lowest BCUT2D eigenvalue weighted by Crippen LogP contribution is -2.47. The molecule has 0 bridgehead atoms. The third kappa shape index (κ3) is 6.87. The molecule has 0 saturated heterocycles. The molecular formula is C33H41Br2N2O4+. The van der Waals surface area contributed by atoms with Gasteiger partial charge in [-0.2, -0.15) is 0 Å². The summed E-state index contributed by atoms with van der Waals surface area (Å²) in [5, 5.41) is 13.1. The van der Waals surface area contributed by atoms with E-state index in [1.807, 2.05) is 18.2 Å². The molecule has 0 spiro atoms. The van der Waals surface area contributed by atoms with Gasteiger partial charge >= 0.3 is 0 Å². The Balaban J connectivity index is 1.65. The van der Waals surface area contributed by atoms with Crippen molar-refractivity contribution in [3.63, 3.8) is 0 Å². The zero-order chi connectivity index (χ0) is 29.6. The van der Waals surface area contributed by atoms with Crippen molar-refractivity contribution in [2.24, 2.45) is 0 Å². The van der Waals surface area contributed by atoms with Crippen LogP contribution in [-0.4, -0.2) is 55.1 Å². The van der Waals surface area contributed by atoms with Crippen LogP contribution in [0.25, 0.3) is 10.8 Å². The summed E-state index contributed by atoms with van der Waals surface area (Å²) in [4.78, 5) is 0. The number of ether oxygens (including phenoxy) is 3. The first kappa shape index (κ1) is 31.3. The number of hydrogen-bond donors (Lipinski definition) is 1. The molecule has 3 aromatic carbocycles. The van der Waals surface area contributed by atoms with Gasteiger partial charge in [-0.25, -0.2) is 0 Å². The maximum absolute atomic E-state index is 11.6. The topological polar surface area (TPSA) is 52.9 Å². The molecule has 1 N–H and O–H groups in total. The first-order chi connectivity index (χ1) is 19.8. The van der Waals surface area contributed by atoms with Crippen molar-refractivity contribution in [3.8, 4) is 23.1 Å². The van der Waals surface area contributed by atoms with Gasteiger partial charge in [0, 0.05) is 33.2 Å². The standard InChI is InChI=1S/C33H40Br2N2O4/c1-6-37(7-2,22-24-12-16-26(35)17-13-24)19-9-8-18-36-28(20-23-10-14-25(34)15-11-23)30-27(33(36)38)21-29(39-3)31(40-4)32(30)41-5/h10-17,21H,6-9,18-20,22H2,1-5H3/p+1. The summed E-state index contributed by atoms with van der Waals surface area (Å²) in [6.45, 7) is 9.54. The highest BCUT2D eigenvalue weighted by Gasteiger charge is 2.27. The van der Waals surface area contributed by atoms with Gasteiger partial charge in [0.25, 0.3) is 0 Å². The average molecular weight is 690 g/mol. The van der Waals surface area contributed by atoms with E-state index < -0.39 is 0 Å². The van der Waals surface area contributed by atoms with Crippen molar-refractivity contribution in [1.82, 2.24) is 4.57 Å². The third-order valence-corrected chi connectivity index (χ3v) is 9.32. The lowest BCUT2D eigenvalue weighted by Gasteiger charge is -2.37. The maximum atomic E-state index is 11.6. The predicted molar refractivity (Wildman–Crippen MR) is 173 cm³/mol. The van der Waals surface area contributed by atoms with E-state index in [0.29, 0.717) is 35.6 Å². The van der Waals surface area contributed by atoms with Gasteiger partial charge in [0.1, 0.15) is 6.54 Å². The van der Waals surface area contributed by atoms with Gasteiger partial charge in [0.15, 0.2) is 17.4 Å². The summed E-state index contributed by atoms with van der Waals surface area (Å²) in [6, 6.07) is 18.8. The van der Waals surface area contributed by atoms with Gasteiger partial charge in [-0.3, -0.25) is 0 Å². The zero-order valence-electron chi connectivity index (χ0n) is 24.7. The number of rotatable bonds is 14. The molecule has 1 heterocycles. The maximum Gasteiger partial charge on any atom is 0.204 e. The Morgan fingerprint density at radius 3 is 1.90 bits per heavy atom. The molecule has 0 aliphatic rings. The first-order valence-electron chi connectivity index (χ1n) is 14.2. The lowest BCUT2D eigenvalue weighted by molar-refractivity contribution is -0.938. The molecule has 8 heteroatoms. The van der Waals surface area contributed by atoms with E-state index in [1.165, 1.54) is 5.56 Å². The second-order valence-electron chi connectivity index (χ2n) is 10.5. The number of benzene rings is 3. The number of nitrogens with zero attached hydrogens (tertiary/aromatic N) is 2. The Morgan fingerprint density at radius 1 is 0.780 bits per heavy atom. The number of quaternary nitrogens is 1. The molecule has 0 radical (unpaired) electrons. The Morgan fingerprint density at radius 2 is 1.37 bits per heavy atom. The minimum Gasteiger partial charge on any atom is -0.494 e. The minimum atomic E-state index is 0.230. The highest BCUT2D eigenvalue weighted by Crippen LogP contribution is 2.49. The number of aromatic nitrogens is 1. The normalized spacial score (nSPS) is 11.7. The fraction of sp³-hybridized carbons (Fsp3) is 0.394. The number of halogens is 2. The number of methoxy groups -OCH3 is 3. The van der Waals surface area contributed by atoms with E-state index in [4.69, 9.17) is 14.2 Å². The number of hydrogen-bond acceptors (Lipinski definition) is 4. The van der Waals surface area contributed by atoms with E-state index in [1.54, 1.807) is 21.3 Å². The third-order valence-electron chi connectivity index (χ3n) is 8.26. The van der Waals surface area contributed by atoms with Crippen LogP contribution in [-0.2, 0) is 19.5 Å². The number of unbranched alkanes of at least 4 members (excludes halogenated alkanes) is 1. The van der Waals surface area contributed by atoms with Gasteiger partial charge in [-0.1, -0.05) is 56.1 Å². The monoisotopic (exact) mass is 687 g/mol. The van der Waals surface area contributed by atoms with Gasteiger partial charge in [0.05, 0.1) is 51.7 Å². The second kappa shape index (κ2) is 14.0. The van der Waals surface area contributed by atoms with Crippen LogP contribution in [0.15, 0.2) is 63.5 Å². The summed E-state index contributed by atoms with van der Waals surface area (Å²) < 4.78 is 22.4. The van der Waals surface area contributed by atoms with Crippen molar-refractivity contribution in [2.75, 3.05) is 41.0 Å². The Kier molecular flexibility index (Phi) is 10.7. The zero-order valence-corrected chi connectivity index (χ0v) is 27.8. The van der Waals surface area contributed by atoms with Gasteiger partial charge < -0.3 is 28.4 Å². The average Bonchev–Trinajstić information content (AvgIpc) is 3.25. The smallest absolute Gasteiger partial charge is 0.204 e. The molecule has 0 amide bonds. The SMILES string of the molecule is CC[N+](CC)(CCCCn1c(O)c2cc(OC)c(OC)c(OC)c2c1Cc1ccc(Br)cc1)Cc1ccc(Br)cc1. The van der Waals surface area contributed by atoms with Crippen LogP contribution in [0.5, 0.6) is 23.1 Å². The highest BCUT2D eigenvalue weighted by atomic mass is 79.9. The van der Waals surface area contributed by atoms with Gasteiger partial charge in [-0.05, 0) is 62.6 Å². The van der Waals surface area contributed by atoms with Crippen LogP contribution in [0.3, 0.4) is 0 Å². The highest BCUT2D eigenvalue weighted by molar-refractivity contribution is 9.10. The molecule has 1 aromatic heterocycles. The molecular weight excluding hydrogens is 648 g/mol. The molecule has 0 atom stereocenters. The van der Waals surface area contributed by atoms with E-state index in [9.17, 15) is 5.11 Å².